The molecule has 0 spiro atoms. The van der Waals surface area contributed by atoms with Crippen LogP contribution in [0.2, 0.25) is 0 Å². The van der Waals surface area contributed by atoms with Gasteiger partial charge in [0, 0.05) is 31.2 Å². The van der Waals surface area contributed by atoms with Gasteiger partial charge in [0.15, 0.2) is 0 Å². The molecular formula is C17H33N3. The zero-order valence-corrected chi connectivity index (χ0v) is 13.3. The molecule has 116 valence electrons. The number of hydrogen-bond acceptors (Lipinski definition) is 3. The van der Waals surface area contributed by atoms with Crippen molar-refractivity contribution >= 4 is 0 Å². The third-order valence-corrected chi connectivity index (χ3v) is 6.52. The van der Waals surface area contributed by atoms with Gasteiger partial charge in [-0.3, -0.25) is 4.90 Å². The van der Waals surface area contributed by atoms with E-state index in [0.29, 0.717) is 5.54 Å². The van der Waals surface area contributed by atoms with Gasteiger partial charge in [0.2, 0.25) is 0 Å². The molecule has 2 atom stereocenters. The summed E-state index contributed by atoms with van der Waals surface area (Å²) in [6, 6.07) is 0.859. The van der Waals surface area contributed by atoms with Crippen molar-refractivity contribution in [1.29, 1.82) is 0 Å². The minimum Gasteiger partial charge on any atom is -0.329 e. The Kier molecular flexibility index (Phi) is 4.68. The Morgan fingerprint density at radius 2 is 1.65 bits per heavy atom. The highest BCUT2D eigenvalue weighted by Gasteiger charge is 2.45. The van der Waals surface area contributed by atoms with E-state index in [9.17, 15) is 0 Å². The molecular weight excluding hydrogens is 246 g/mol. The third kappa shape index (κ3) is 2.65. The Bertz CT molecular complexity index is 305. The Hall–Kier alpha value is -0.120. The minimum atomic E-state index is 0.340. The lowest BCUT2D eigenvalue weighted by Crippen LogP contribution is -2.59. The number of rotatable bonds is 3. The number of likely N-dealkylation sites (tertiary alicyclic amines) is 2. The summed E-state index contributed by atoms with van der Waals surface area (Å²) in [5.74, 6) is 0.791. The summed E-state index contributed by atoms with van der Waals surface area (Å²) < 4.78 is 0. The molecule has 0 amide bonds. The molecule has 2 unspecified atom stereocenters. The topological polar surface area (TPSA) is 32.5 Å². The van der Waals surface area contributed by atoms with Crippen LogP contribution in [0, 0.1) is 5.92 Å². The molecule has 3 rings (SSSR count). The highest BCUT2D eigenvalue weighted by Crippen LogP contribution is 2.41. The molecule has 0 radical (unpaired) electrons. The fourth-order valence-corrected chi connectivity index (χ4v) is 5.09. The Labute approximate surface area is 124 Å². The molecule has 3 nitrogen and oxygen atoms in total. The first-order chi connectivity index (χ1) is 9.76. The first kappa shape index (κ1) is 14.8. The van der Waals surface area contributed by atoms with E-state index in [1.165, 1.54) is 77.5 Å². The van der Waals surface area contributed by atoms with Crippen LogP contribution in [0.3, 0.4) is 0 Å². The lowest BCUT2D eigenvalue weighted by molar-refractivity contribution is 0.0118. The second kappa shape index (κ2) is 6.33. The molecule has 2 aliphatic heterocycles. The molecule has 1 aliphatic carbocycles. The van der Waals surface area contributed by atoms with E-state index < -0.39 is 0 Å². The van der Waals surface area contributed by atoms with Gasteiger partial charge in [0.25, 0.3) is 0 Å². The molecule has 0 aromatic carbocycles. The second-order valence-electron chi connectivity index (χ2n) is 7.42. The average molecular weight is 279 g/mol. The monoisotopic (exact) mass is 279 g/mol. The van der Waals surface area contributed by atoms with E-state index >= 15 is 0 Å². The number of nitrogens with zero attached hydrogens (tertiary/aromatic N) is 2. The summed E-state index contributed by atoms with van der Waals surface area (Å²) in [5.41, 5.74) is 6.56. The fraction of sp³-hybridized carbons (Fsp3) is 1.00. The van der Waals surface area contributed by atoms with Gasteiger partial charge in [-0.05, 0) is 57.5 Å². The third-order valence-electron chi connectivity index (χ3n) is 6.52. The molecule has 1 saturated carbocycles. The molecule has 0 aromatic heterocycles. The first-order valence-electron chi connectivity index (χ1n) is 8.95. The predicted octanol–water partition coefficient (Wildman–Crippen LogP) is 2.45. The molecule has 2 saturated heterocycles. The van der Waals surface area contributed by atoms with Gasteiger partial charge in [-0.25, -0.2) is 0 Å². The van der Waals surface area contributed by atoms with E-state index in [-0.39, 0.29) is 0 Å². The molecule has 0 bridgehead atoms. The quantitative estimate of drug-likeness (QED) is 0.861. The van der Waals surface area contributed by atoms with Crippen molar-refractivity contribution in [3.63, 3.8) is 0 Å². The maximum Gasteiger partial charge on any atom is 0.0357 e. The van der Waals surface area contributed by atoms with Crippen molar-refractivity contribution in [2.75, 3.05) is 32.7 Å². The molecule has 3 aliphatic rings. The standard InChI is InChI=1S/C17H33N3/c1-15-6-5-9-17(15,14-18)20-12-7-16(8-13-20)19-10-3-2-4-11-19/h15-16H,2-14,18H2,1H3. The van der Waals surface area contributed by atoms with Crippen molar-refractivity contribution in [3.8, 4) is 0 Å². The van der Waals surface area contributed by atoms with Crippen molar-refractivity contribution in [2.45, 2.75) is 69.9 Å². The molecule has 3 heteroatoms. The Balaban J connectivity index is 1.57. The lowest BCUT2D eigenvalue weighted by atomic mass is 9.84. The van der Waals surface area contributed by atoms with E-state index in [4.69, 9.17) is 5.73 Å². The van der Waals surface area contributed by atoms with Crippen LogP contribution in [0.5, 0.6) is 0 Å². The smallest absolute Gasteiger partial charge is 0.0357 e. The Morgan fingerprint density at radius 3 is 2.20 bits per heavy atom. The van der Waals surface area contributed by atoms with Gasteiger partial charge in [-0.2, -0.15) is 0 Å². The van der Waals surface area contributed by atoms with Crippen molar-refractivity contribution in [3.05, 3.63) is 0 Å². The van der Waals surface area contributed by atoms with Gasteiger partial charge in [-0.1, -0.05) is 19.8 Å². The van der Waals surface area contributed by atoms with Crippen LogP contribution in [0.1, 0.15) is 58.3 Å². The number of nitrogens with two attached hydrogens (primary N) is 1. The van der Waals surface area contributed by atoms with E-state index in [1.54, 1.807) is 0 Å². The van der Waals surface area contributed by atoms with Crippen LogP contribution < -0.4 is 5.73 Å². The van der Waals surface area contributed by atoms with Gasteiger partial charge in [0.1, 0.15) is 0 Å². The Morgan fingerprint density at radius 1 is 0.950 bits per heavy atom. The van der Waals surface area contributed by atoms with Crippen molar-refractivity contribution < 1.29 is 0 Å². The summed E-state index contributed by atoms with van der Waals surface area (Å²) in [5, 5.41) is 0. The van der Waals surface area contributed by atoms with Gasteiger partial charge >= 0.3 is 0 Å². The number of piperidine rings is 2. The van der Waals surface area contributed by atoms with Crippen LogP contribution in [-0.4, -0.2) is 54.1 Å². The predicted molar refractivity (Wildman–Crippen MR) is 84.8 cm³/mol. The maximum absolute atomic E-state index is 6.22. The van der Waals surface area contributed by atoms with Gasteiger partial charge < -0.3 is 10.6 Å². The van der Waals surface area contributed by atoms with Gasteiger partial charge in [0.05, 0.1) is 0 Å². The van der Waals surface area contributed by atoms with Crippen molar-refractivity contribution in [1.82, 2.24) is 9.80 Å². The minimum absolute atomic E-state index is 0.340. The highest BCUT2D eigenvalue weighted by atomic mass is 15.3. The molecule has 2 N–H and O–H groups in total. The van der Waals surface area contributed by atoms with Crippen LogP contribution in [0.15, 0.2) is 0 Å². The highest BCUT2D eigenvalue weighted by molar-refractivity contribution is 5.02. The normalized spacial score (nSPS) is 38.4. The molecule has 2 heterocycles. The van der Waals surface area contributed by atoms with Crippen LogP contribution in [0.4, 0.5) is 0 Å². The first-order valence-corrected chi connectivity index (χ1v) is 8.95. The summed E-state index contributed by atoms with van der Waals surface area (Å²) in [7, 11) is 0. The summed E-state index contributed by atoms with van der Waals surface area (Å²) in [6.45, 7) is 8.55. The summed E-state index contributed by atoms with van der Waals surface area (Å²) in [4.78, 5) is 5.54. The number of hydrogen-bond donors (Lipinski definition) is 1. The van der Waals surface area contributed by atoms with Crippen LogP contribution in [0.25, 0.3) is 0 Å². The van der Waals surface area contributed by atoms with Crippen LogP contribution >= 0.6 is 0 Å². The second-order valence-corrected chi connectivity index (χ2v) is 7.42. The maximum atomic E-state index is 6.22. The average Bonchev–Trinajstić information content (AvgIpc) is 2.90. The lowest BCUT2D eigenvalue weighted by Gasteiger charge is -2.49. The summed E-state index contributed by atoms with van der Waals surface area (Å²) >= 11 is 0. The van der Waals surface area contributed by atoms with E-state index in [0.717, 1.165) is 18.5 Å². The largest absolute Gasteiger partial charge is 0.329 e. The molecule has 20 heavy (non-hydrogen) atoms. The zero-order valence-electron chi connectivity index (χ0n) is 13.3. The fourth-order valence-electron chi connectivity index (χ4n) is 5.09. The van der Waals surface area contributed by atoms with Crippen LogP contribution in [-0.2, 0) is 0 Å². The van der Waals surface area contributed by atoms with E-state index in [1.807, 2.05) is 0 Å². The van der Waals surface area contributed by atoms with Crippen molar-refractivity contribution in [2.24, 2.45) is 11.7 Å². The van der Waals surface area contributed by atoms with E-state index in [2.05, 4.69) is 16.7 Å². The molecule has 3 fully saturated rings. The zero-order chi connectivity index (χ0) is 14.0. The molecule has 0 aromatic rings. The van der Waals surface area contributed by atoms with Gasteiger partial charge in [-0.15, -0.1) is 0 Å². The summed E-state index contributed by atoms with van der Waals surface area (Å²) in [6.07, 6.45) is 11.1. The SMILES string of the molecule is CC1CCCC1(CN)N1CCC(N2CCCCC2)CC1.